The molecule has 3 heteroatoms. The van der Waals surface area contributed by atoms with E-state index in [0.717, 1.165) is 0 Å². The van der Waals surface area contributed by atoms with Crippen molar-refractivity contribution in [2.24, 2.45) is 0 Å². The van der Waals surface area contributed by atoms with Gasteiger partial charge in [0.05, 0.1) is 24.3 Å². The lowest BCUT2D eigenvalue weighted by Gasteiger charge is -2.00. The summed E-state index contributed by atoms with van der Waals surface area (Å²) in [6.07, 6.45) is 0. The van der Waals surface area contributed by atoms with Crippen molar-refractivity contribution in [3.8, 4) is 6.07 Å². The number of methoxy groups -OCH3 is 1. The van der Waals surface area contributed by atoms with Crippen LogP contribution in [0.5, 0.6) is 0 Å². The van der Waals surface area contributed by atoms with E-state index in [4.69, 9.17) is 5.26 Å². The lowest BCUT2D eigenvalue weighted by Crippen LogP contribution is -2.01. The van der Waals surface area contributed by atoms with Gasteiger partial charge in [-0.3, -0.25) is 0 Å². The lowest BCUT2D eigenvalue weighted by atomic mass is 10.1. The first-order valence-corrected chi connectivity index (χ1v) is 3.63. The van der Waals surface area contributed by atoms with Gasteiger partial charge in [0.15, 0.2) is 0 Å². The number of hydrogen-bond donors (Lipinski definition) is 0. The molecule has 0 saturated carbocycles. The molecule has 0 aliphatic heterocycles. The van der Waals surface area contributed by atoms with Crippen molar-refractivity contribution >= 4 is 5.97 Å². The highest BCUT2D eigenvalue weighted by atomic mass is 16.5. The number of esters is 1. The summed E-state index contributed by atoms with van der Waals surface area (Å²) in [6.45, 7) is 3.65. The van der Waals surface area contributed by atoms with Crippen LogP contribution in [-0.2, 0) is 4.74 Å². The fourth-order valence-electron chi connectivity index (χ4n) is 0.992. The van der Waals surface area contributed by atoms with E-state index in [9.17, 15) is 4.79 Å². The summed E-state index contributed by atoms with van der Waals surface area (Å²) in [5, 5.41) is 8.61. The van der Waals surface area contributed by atoms with Crippen LogP contribution in [0.25, 0.3) is 0 Å². The maximum atomic E-state index is 11.1. The van der Waals surface area contributed by atoms with Gasteiger partial charge in [-0.15, -0.1) is 0 Å². The Morgan fingerprint density at radius 2 is 2.23 bits per heavy atom. The Labute approximate surface area is 76.6 Å². The third kappa shape index (κ3) is 2.06. The number of hydrogen-bond acceptors (Lipinski definition) is 3. The average Bonchev–Trinajstić information content (AvgIpc) is 2.15. The first kappa shape index (κ1) is 9.27. The zero-order chi connectivity index (χ0) is 9.84. The standard InChI is InChI=1S/C10H8NO2/c1-7-3-8(6-11)5-9(4-7)10(12)13-2/h3-5H,1H2,2H3. The number of benzene rings is 1. The van der Waals surface area contributed by atoms with Gasteiger partial charge in [-0.2, -0.15) is 5.26 Å². The number of carbonyl (C=O) groups excluding carboxylic acids is 1. The molecule has 0 amide bonds. The van der Waals surface area contributed by atoms with Crippen molar-refractivity contribution in [1.29, 1.82) is 5.26 Å². The molecule has 0 N–H and O–H groups in total. The molecular formula is C10H8NO2. The van der Waals surface area contributed by atoms with Crippen molar-refractivity contribution in [2.45, 2.75) is 0 Å². The topological polar surface area (TPSA) is 50.1 Å². The van der Waals surface area contributed by atoms with Gasteiger partial charge in [0, 0.05) is 0 Å². The summed E-state index contributed by atoms with van der Waals surface area (Å²) < 4.78 is 4.51. The monoisotopic (exact) mass is 174 g/mol. The molecule has 13 heavy (non-hydrogen) atoms. The van der Waals surface area contributed by atoms with Gasteiger partial charge < -0.3 is 4.74 Å². The molecule has 3 nitrogen and oxygen atoms in total. The Hall–Kier alpha value is -1.82. The molecule has 0 saturated heterocycles. The van der Waals surface area contributed by atoms with Crippen LogP contribution in [0.2, 0.25) is 0 Å². The molecule has 1 rings (SSSR count). The second kappa shape index (κ2) is 3.72. The van der Waals surface area contributed by atoms with Gasteiger partial charge in [-0.25, -0.2) is 4.79 Å². The minimum Gasteiger partial charge on any atom is -0.465 e. The summed E-state index contributed by atoms with van der Waals surface area (Å²) >= 11 is 0. The molecule has 0 aromatic heterocycles. The van der Waals surface area contributed by atoms with E-state index in [1.807, 2.05) is 6.07 Å². The van der Waals surface area contributed by atoms with Crippen LogP contribution >= 0.6 is 0 Å². The van der Waals surface area contributed by atoms with Crippen molar-refractivity contribution in [2.75, 3.05) is 7.11 Å². The Kier molecular flexibility index (Phi) is 2.65. The first-order valence-electron chi connectivity index (χ1n) is 3.63. The number of rotatable bonds is 1. The van der Waals surface area contributed by atoms with E-state index < -0.39 is 5.97 Å². The van der Waals surface area contributed by atoms with Crippen LogP contribution in [0, 0.1) is 18.3 Å². The maximum absolute atomic E-state index is 11.1. The zero-order valence-electron chi connectivity index (χ0n) is 7.20. The number of nitrogens with zero attached hydrogens (tertiary/aromatic N) is 1. The molecule has 0 aliphatic carbocycles. The Balaban J connectivity index is 3.17. The molecule has 1 radical (unpaired) electrons. The quantitative estimate of drug-likeness (QED) is 0.606. The van der Waals surface area contributed by atoms with Crippen molar-refractivity contribution in [3.63, 3.8) is 0 Å². The van der Waals surface area contributed by atoms with E-state index in [2.05, 4.69) is 11.7 Å². The summed E-state index contributed by atoms with van der Waals surface area (Å²) in [4.78, 5) is 11.1. The van der Waals surface area contributed by atoms with Gasteiger partial charge >= 0.3 is 5.97 Å². The van der Waals surface area contributed by atoms with Crippen LogP contribution < -0.4 is 0 Å². The number of ether oxygens (including phenoxy) is 1. The zero-order valence-corrected chi connectivity index (χ0v) is 7.20. The largest absolute Gasteiger partial charge is 0.465 e. The maximum Gasteiger partial charge on any atom is 0.337 e. The fourth-order valence-corrected chi connectivity index (χ4v) is 0.992. The van der Waals surface area contributed by atoms with Crippen LogP contribution in [0.4, 0.5) is 0 Å². The van der Waals surface area contributed by atoms with Crippen LogP contribution in [0.15, 0.2) is 18.2 Å². The molecule has 0 bridgehead atoms. The van der Waals surface area contributed by atoms with Gasteiger partial charge in [0.2, 0.25) is 0 Å². The van der Waals surface area contributed by atoms with Crippen molar-refractivity contribution < 1.29 is 9.53 Å². The Morgan fingerprint density at radius 3 is 2.77 bits per heavy atom. The van der Waals surface area contributed by atoms with Crippen LogP contribution in [0.3, 0.4) is 0 Å². The highest BCUT2D eigenvalue weighted by Gasteiger charge is 2.06. The van der Waals surface area contributed by atoms with E-state index in [-0.39, 0.29) is 0 Å². The van der Waals surface area contributed by atoms with E-state index in [0.29, 0.717) is 16.7 Å². The van der Waals surface area contributed by atoms with Gasteiger partial charge in [0.25, 0.3) is 0 Å². The highest BCUT2D eigenvalue weighted by Crippen LogP contribution is 2.09. The molecule has 0 atom stereocenters. The van der Waals surface area contributed by atoms with Gasteiger partial charge in [-0.1, -0.05) is 0 Å². The molecular weight excluding hydrogens is 166 g/mol. The molecule has 0 unspecified atom stereocenters. The molecule has 65 valence electrons. The molecule has 0 fully saturated rings. The second-order valence-electron chi connectivity index (χ2n) is 2.52. The van der Waals surface area contributed by atoms with E-state index in [1.54, 1.807) is 12.1 Å². The SMILES string of the molecule is [CH2]c1cc(C#N)cc(C(=O)OC)c1. The summed E-state index contributed by atoms with van der Waals surface area (Å²) in [5.41, 5.74) is 1.39. The number of nitriles is 1. The minimum atomic E-state index is -0.456. The van der Waals surface area contributed by atoms with E-state index in [1.165, 1.54) is 13.2 Å². The number of carbonyl (C=O) groups is 1. The smallest absolute Gasteiger partial charge is 0.337 e. The normalized spacial score (nSPS) is 9.00. The lowest BCUT2D eigenvalue weighted by molar-refractivity contribution is 0.0600. The summed E-state index contributed by atoms with van der Waals surface area (Å²) in [5.74, 6) is -0.456. The van der Waals surface area contributed by atoms with Crippen LogP contribution in [0.1, 0.15) is 21.5 Å². The molecule has 0 aliphatic rings. The van der Waals surface area contributed by atoms with Gasteiger partial charge in [0.1, 0.15) is 0 Å². The molecule has 1 aromatic rings. The summed E-state index contributed by atoms with van der Waals surface area (Å²) in [7, 11) is 1.30. The fraction of sp³-hybridized carbons (Fsp3) is 0.100. The third-order valence-corrected chi connectivity index (χ3v) is 1.54. The van der Waals surface area contributed by atoms with E-state index >= 15 is 0 Å². The van der Waals surface area contributed by atoms with Crippen molar-refractivity contribution in [3.05, 3.63) is 41.8 Å². The Bertz CT molecular complexity index is 377. The molecule has 1 aromatic carbocycles. The predicted molar refractivity (Wildman–Crippen MR) is 47.0 cm³/mol. The van der Waals surface area contributed by atoms with Gasteiger partial charge in [-0.05, 0) is 30.7 Å². The average molecular weight is 174 g/mol. The third-order valence-electron chi connectivity index (χ3n) is 1.54. The second-order valence-corrected chi connectivity index (χ2v) is 2.52. The van der Waals surface area contributed by atoms with Crippen molar-refractivity contribution in [1.82, 2.24) is 0 Å². The highest BCUT2D eigenvalue weighted by molar-refractivity contribution is 5.90. The summed E-state index contributed by atoms with van der Waals surface area (Å²) in [6, 6.07) is 6.59. The molecule has 0 heterocycles. The Morgan fingerprint density at radius 1 is 1.54 bits per heavy atom. The predicted octanol–water partition coefficient (Wildman–Crippen LogP) is 1.53. The van der Waals surface area contributed by atoms with Crippen LogP contribution in [-0.4, -0.2) is 13.1 Å². The minimum absolute atomic E-state index is 0.353. The first-order chi connectivity index (χ1) is 6.17. The molecule has 0 spiro atoms.